The number of benzene rings is 2. The summed E-state index contributed by atoms with van der Waals surface area (Å²) < 4.78 is 15.7. The Balaban J connectivity index is 1.99. The zero-order chi connectivity index (χ0) is 15.9. The van der Waals surface area contributed by atoms with Crippen molar-refractivity contribution >= 4 is 49.8 Å². The second kappa shape index (κ2) is 5.99. The van der Waals surface area contributed by atoms with E-state index >= 15 is 0 Å². The molecule has 3 rings (SSSR count). The molecule has 0 bridgehead atoms. The molecule has 2 aromatic carbocycles. The van der Waals surface area contributed by atoms with E-state index in [4.69, 9.17) is 11.6 Å². The summed E-state index contributed by atoms with van der Waals surface area (Å²) in [5.74, 6) is 0. The van der Waals surface area contributed by atoms with Gasteiger partial charge in [-0.2, -0.15) is 0 Å². The molecule has 0 N–H and O–H groups in total. The number of aromatic nitrogens is 1. The van der Waals surface area contributed by atoms with E-state index in [9.17, 15) is 4.21 Å². The molecular formula is C16H15ClN2OS2. The highest BCUT2D eigenvalue weighted by Gasteiger charge is 2.16. The largest absolute Gasteiger partial charge is 0.291 e. The van der Waals surface area contributed by atoms with Crippen molar-refractivity contribution in [2.75, 3.05) is 11.4 Å². The first kappa shape index (κ1) is 15.5. The summed E-state index contributed by atoms with van der Waals surface area (Å²) in [5, 5.41) is 1.66. The molecular weight excluding hydrogens is 336 g/mol. The van der Waals surface area contributed by atoms with Crippen LogP contribution in [0.1, 0.15) is 10.6 Å². The molecule has 3 aromatic rings. The van der Waals surface area contributed by atoms with Crippen molar-refractivity contribution < 1.29 is 4.21 Å². The molecule has 0 spiro atoms. The fourth-order valence-electron chi connectivity index (χ4n) is 2.25. The summed E-state index contributed by atoms with van der Waals surface area (Å²) in [6, 6.07) is 11.4. The van der Waals surface area contributed by atoms with Crippen LogP contribution in [-0.4, -0.2) is 16.2 Å². The second-order valence-corrected chi connectivity index (χ2v) is 8.12. The Morgan fingerprint density at radius 3 is 2.77 bits per heavy atom. The smallest absolute Gasteiger partial charge is 0.152 e. The molecule has 1 unspecified atom stereocenters. The lowest BCUT2D eigenvalue weighted by Gasteiger charge is -2.19. The molecule has 0 radical (unpaired) electrons. The highest BCUT2D eigenvalue weighted by molar-refractivity contribution is 7.86. The summed E-state index contributed by atoms with van der Waals surface area (Å²) >= 11 is 7.79. The first-order chi connectivity index (χ1) is 10.5. The van der Waals surface area contributed by atoms with E-state index in [0.717, 1.165) is 31.4 Å². The summed E-state index contributed by atoms with van der Waals surface area (Å²) in [6.07, 6.45) is 0. The number of hydrogen-bond acceptors (Lipinski definition) is 3. The first-order valence-corrected chi connectivity index (χ1v) is 9.05. The quantitative estimate of drug-likeness (QED) is 0.684. The average molecular weight is 351 g/mol. The van der Waals surface area contributed by atoms with Crippen LogP contribution in [0.15, 0.2) is 41.3 Å². The highest BCUT2D eigenvalue weighted by Crippen LogP contribution is 2.29. The molecule has 22 heavy (non-hydrogen) atoms. The maximum absolute atomic E-state index is 12.8. The number of aryl methyl sites for hydroxylation is 1. The second-order valence-electron chi connectivity index (χ2n) is 4.99. The van der Waals surface area contributed by atoms with Crippen LogP contribution in [0.5, 0.6) is 0 Å². The van der Waals surface area contributed by atoms with Gasteiger partial charge in [0.2, 0.25) is 0 Å². The minimum atomic E-state index is -1.31. The van der Waals surface area contributed by atoms with Crippen LogP contribution in [0.2, 0.25) is 5.02 Å². The summed E-state index contributed by atoms with van der Waals surface area (Å²) in [5.41, 5.74) is 2.65. The zero-order valence-electron chi connectivity index (χ0n) is 12.5. The SMILES string of the molecule is Cc1nc2cc(N(C)S(=O)c3cccc(Cl)c3C)ccc2s1. The van der Waals surface area contributed by atoms with E-state index in [2.05, 4.69) is 4.98 Å². The number of fused-ring (bicyclic) bond motifs is 1. The monoisotopic (exact) mass is 350 g/mol. The number of thiazole rings is 1. The normalized spacial score (nSPS) is 12.5. The van der Waals surface area contributed by atoms with Gasteiger partial charge in [0.1, 0.15) is 0 Å². The first-order valence-electron chi connectivity index (χ1n) is 6.75. The molecule has 0 saturated carbocycles. The molecule has 0 aliphatic rings. The van der Waals surface area contributed by atoms with E-state index in [1.807, 2.05) is 57.3 Å². The topological polar surface area (TPSA) is 33.2 Å². The van der Waals surface area contributed by atoms with Gasteiger partial charge < -0.3 is 0 Å². The van der Waals surface area contributed by atoms with Crippen molar-refractivity contribution in [3.63, 3.8) is 0 Å². The Bertz CT molecular complexity index is 876. The van der Waals surface area contributed by atoms with Gasteiger partial charge in [0.05, 0.1) is 25.8 Å². The van der Waals surface area contributed by atoms with Crippen LogP contribution >= 0.6 is 22.9 Å². The minimum absolute atomic E-state index is 0.629. The van der Waals surface area contributed by atoms with Crippen molar-refractivity contribution in [2.45, 2.75) is 18.7 Å². The molecule has 0 fully saturated rings. The Morgan fingerprint density at radius 1 is 1.23 bits per heavy atom. The Morgan fingerprint density at radius 2 is 2.00 bits per heavy atom. The third-order valence-corrected chi connectivity index (χ3v) is 6.38. The van der Waals surface area contributed by atoms with Crippen LogP contribution in [0.4, 0.5) is 5.69 Å². The average Bonchev–Trinajstić information content (AvgIpc) is 2.87. The molecule has 0 saturated heterocycles. The maximum atomic E-state index is 12.8. The van der Waals surface area contributed by atoms with E-state index < -0.39 is 11.0 Å². The van der Waals surface area contributed by atoms with E-state index in [1.54, 1.807) is 15.6 Å². The van der Waals surface area contributed by atoms with Gasteiger partial charge in [-0.3, -0.25) is 4.31 Å². The fourth-order valence-corrected chi connectivity index (χ4v) is 4.45. The van der Waals surface area contributed by atoms with Crippen molar-refractivity contribution in [1.82, 2.24) is 4.98 Å². The van der Waals surface area contributed by atoms with Crippen molar-refractivity contribution in [3.05, 3.63) is 52.0 Å². The molecule has 1 atom stereocenters. The van der Waals surface area contributed by atoms with Crippen LogP contribution < -0.4 is 4.31 Å². The molecule has 0 aliphatic heterocycles. The van der Waals surface area contributed by atoms with Crippen LogP contribution in [0.25, 0.3) is 10.2 Å². The zero-order valence-corrected chi connectivity index (χ0v) is 14.9. The van der Waals surface area contributed by atoms with Gasteiger partial charge in [-0.15, -0.1) is 11.3 Å². The Kier molecular flexibility index (Phi) is 4.21. The summed E-state index contributed by atoms with van der Waals surface area (Å²) in [7, 11) is 0.504. The van der Waals surface area contributed by atoms with Gasteiger partial charge >= 0.3 is 0 Å². The standard InChI is InChI=1S/C16H15ClN2OS2/c1-10-13(17)5-4-6-16(10)22(20)19(3)12-7-8-15-14(9-12)18-11(2)21-15/h4-9H,1-3H3. The minimum Gasteiger partial charge on any atom is -0.291 e. The van der Waals surface area contributed by atoms with Gasteiger partial charge in [0.15, 0.2) is 11.0 Å². The molecule has 6 heteroatoms. The van der Waals surface area contributed by atoms with E-state index in [1.165, 1.54) is 0 Å². The van der Waals surface area contributed by atoms with Crippen molar-refractivity contribution in [3.8, 4) is 0 Å². The summed E-state index contributed by atoms with van der Waals surface area (Å²) in [6.45, 7) is 3.87. The maximum Gasteiger partial charge on any atom is 0.152 e. The fraction of sp³-hybridized carbons (Fsp3) is 0.188. The van der Waals surface area contributed by atoms with Gasteiger partial charge in [-0.25, -0.2) is 9.19 Å². The van der Waals surface area contributed by atoms with Gasteiger partial charge in [0, 0.05) is 12.1 Å². The molecule has 1 heterocycles. The van der Waals surface area contributed by atoms with Crippen LogP contribution in [0.3, 0.4) is 0 Å². The molecule has 0 aliphatic carbocycles. The molecule has 114 valence electrons. The molecule has 3 nitrogen and oxygen atoms in total. The van der Waals surface area contributed by atoms with E-state index in [0.29, 0.717) is 5.02 Å². The number of nitrogens with zero attached hydrogens (tertiary/aromatic N) is 2. The van der Waals surface area contributed by atoms with Gasteiger partial charge in [-0.05, 0) is 49.7 Å². The number of anilines is 1. The van der Waals surface area contributed by atoms with Gasteiger partial charge in [-0.1, -0.05) is 17.7 Å². The summed E-state index contributed by atoms with van der Waals surface area (Å²) in [4.78, 5) is 5.22. The lowest BCUT2D eigenvalue weighted by atomic mass is 10.2. The number of hydrogen-bond donors (Lipinski definition) is 0. The lowest BCUT2D eigenvalue weighted by molar-refractivity contribution is 0.681. The predicted octanol–water partition coefficient (Wildman–Crippen LogP) is 4.73. The number of halogens is 1. The predicted molar refractivity (Wildman–Crippen MR) is 95.4 cm³/mol. The van der Waals surface area contributed by atoms with Crippen molar-refractivity contribution in [1.29, 1.82) is 0 Å². The Hall–Kier alpha value is -1.43. The molecule has 1 aromatic heterocycles. The van der Waals surface area contributed by atoms with Crippen LogP contribution in [0, 0.1) is 13.8 Å². The van der Waals surface area contributed by atoms with Crippen molar-refractivity contribution in [2.24, 2.45) is 0 Å². The van der Waals surface area contributed by atoms with E-state index in [-0.39, 0.29) is 0 Å². The highest BCUT2D eigenvalue weighted by atomic mass is 35.5. The third-order valence-electron chi connectivity index (χ3n) is 3.50. The van der Waals surface area contributed by atoms with Gasteiger partial charge in [0.25, 0.3) is 0 Å². The molecule has 0 amide bonds. The third kappa shape index (κ3) is 2.76. The Labute approximate surface area is 141 Å². The number of rotatable bonds is 3. The lowest BCUT2D eigenvalue weighted by Crippen LogP contribution is -2.21. The van der Waals surface area contributed by atoms with Crippen LogP contribution in [-0.2, 0) is 11.0 Å².